The van der Waals surface area contributed by atoms with E-state index in [1.807, 2.05) is 33.8 Å². The average Bonchev–Trinajstić information content (AvgIpc) is 2.15. The maximum atomic E-state index is 4.95. The summed E-state index contributed by atoms with van der Waals surface area (Å²) in [6, 6.07) is 0. The van der Waals surface area contributed by atoms with Gasteiger partial charge in [0.05, 0.1) is 6.61 Å². The smallest absolute Gasteiger partial charge is 0.0502 e. The van der Waals surface area contributed by atoms with Crippen molar-refractivity contribution in [3.63, 3.8) is 0 Å². The van der Waals surface area contributed by atoms with E-state index in [9.17, 15) is 0 Å². The fourth-order valence-corrected chi connectivity index (χ4v) is 0.758. The number of ether oxygens (including phenoxy) is 1. The van der Waals surface area contributed by atoms with E-state index in [1.54, 1.807) is 7.11 Å². The molecule has 0 aliphatic heterocycles. The lowest BCUT2D eigenvalue weighted by atomic mass is 10.2. The van der Waals surface area contributed by atoms with Gasteiger partial charge in [0.15, 0.2) is 0 Å². The van der Waals surface area contributed by atoms with Gasteiger partial charge in [0.25, 0.3) is 0 Å². The van der Waals surface area contributed by atoms with E-state index in [-0.39, 0.29) is 0 Å². The van der Waals surface area contributed by atoms with Gasteiger partial charge in [0, 0.05) is 7.11 Å². The third-order valence-electron chi connectivity index (χ3n) is 1.35. The third-order valence-corrected chi connectivity index (χ3v) is 1.35. The molecular formula is C11H22O. The molecule has 72 valence electrons. The second-order valence-electron chi connectivity index (χ2n) is 2.11. The number of hydrogen-bond donors (Lipinski definition) is 0. The summed E-state index contributed by atoms with van der Waals surface area (Å²) in [6.07, 6.45) is 7.28. The van der Waals surface area contributed by atoms with Crippen LogP contribution in [0.2, 0.25) is 0 Å². The highest BCUT2D eigenvalue weighted by Crippen LogP contribution is 2.02. The van der Waals surface area contributed by atoms with E-state index in [0.717, 1.165) is 13.0 Å². The van der Waals surface area contributed by atoms with Crippen molar-refractivity contribution >= 4 is 0 Å². The number of hydrogen-bond acceptors (Lipinski definition) is 1. The van der Waals surface area contributed by atoms with E-state index in [2.05, 4.69) is 12.2 Å². The van der Waals surface area contributed by atoms with Gasteiger partial charge in [0.2, 0.25) is 0 Å². The molecule has 0 saturated carbocycles. The van der Waals surface area contributed by atoms with Crippen molar-refractivity contribution in [1.82, 2.24) is 0 Å². The van der Waals surface area contributed by atoms with Crippen molar-refractivity contribution < 1.29 is 4.74 Å². The normalized spacial score (nSPS) is 11.2. The largest absolute Gasteiger partial charge is 0.384 e. The lowest BCUT2D eigenvalue weighted by Gasteiger charge is -1.98. The van der Waals surface area contributed by atoms with Crippen LogP contribution in [0.25, 0.3) is 0 Å². The van der Waals surface area contributed by atoms with Gasteiger partial charge in [-0.3, -0.25) is 0 Å². The highest BCUT2D eigenvalue weighted by Gasteiger charge is 1.87. The predicted molar refractivity (Wildman–Crippen MR) is 56.4 cm³/mol. The van der Waals surface area contributed by atoms with Crippen molar-refractivity contribution in [2.75, 3.05) is 13.7 Å². The maximum absolute atomic E-state index is 4.95. The molecule has 0 fully saturated rings. The van der Waals surface area contributed by atoms with E-state index in [4.69, 9.17) is 4.74 Å². The van der Waals surface area contributed by atoms with Crippen molar-refractivity contribution in [2.45, 2.75) is 34.1 Å². The molecule has 12 heavy (non-hydrogen) atoms. The Bertz CT molecular complexity index is 123. The Morgan fingerprint density at radius 2 is 1.83 bits per heavy atom. The van der Waals surface area contributed by atoms with E-state index in [0.29, 0.717) is 0 Å². The van der Waals surface area contributed by atoms with E-state index in [1.165, 1.54) is 5.57 Å². The summed E-state index contributed by atoms with van der Waals surface area (Å²) in [7, 11) is 1.73. The first-order chi connectivity index (χ1) is 5.85. The minimum absolute atomic E-state index is 0.810. The van der Waals surface area contributed by atoms with Crippen LogP contribution in [0.4, 0.5) is 0 Å². The van der Waals surface area contributed by atoms with Crippen LogP contribution < -0.4 is 0 Å². The van der Waals surface area contributed by atoms with Crippen LogP contribution in [0.15, 0.2) is 23.8 Å². The molecule has 0 aromatic carbocycles. The van der Waals surface area contributed by atoms with Crippen molar-refractivity contribution in [3.8, 4) is 0 Å². The molecule has 1 nitrogen and oxygen atoms in total. The van der Waals surface area contributed by atoms with Gasteiger partial charge >= 0.3 is 0 Å². The van der Waals surface area contributed by atoms with Gasteiger partial charge in [0.1, 0.15) is 0 Å². The van der Waals surface area contributed by atoms with Crippen LogP contribution in [0.1, 0.15) is 34.1 Å². The fraction of sp³-hybridized carbons (Fsp3) is 0.636. The molecule has 0 spiro atoms. The second-order valence-corrected chi connectivity index (χ2v) is 2.11. The predicted octanol–water partition coefficient (Wildman–Crippen LogP) is 3.57. The summed E-state index contributed by atoms with van der Waals surface area (Å²) in [5.41, 5.74) is 1.34. The summed E-state index contributed by atoms with van der Waals surface area (Å²) in [6.45, 7) is 8.88. The summed E-state index contributed by atoms with van der Waals surface area (Å²) in [5.74, 6) is 0. The SMILES string of the molecule is C/C=C\C(=C/C)CCOC.CC. The molecule has 0 N–H and O–H groups in total. The molecule has 0 bridgehead atoms. The van der Waals surface area contributed by atoms with Crippen LogP contribution in [0.3, 0.4) is 0 Å². The summed E-state index contributed by atoms with van der Waals surface area (Å²) in [4.78, 5) is 0. The Kier molecular flexibility index (Phi) is 15.2. The minimum atomic E-state index is 0.810. The molecular weight excluding hydrogens is 148 g/mol. The van der Waals surface area contributed by atoms with Crippen molar-refractivity contribution in [1.29, 1.82) is 0 Å². The fourth-order valence-electron chi connectivity index (χ4n) is 0.758. The first kappa shape index (κ1) is 14.0. The number of allylic oxidation sites excluding steroid dienone is 3. The van der Waals surface area contributed by atoms with Gasteiger partial charge in [-0.1, -0.05) is 37.6 Å². The van der Waals surface area contributed by atoms with E-state index >= 15 is 0 Å². The molecule has 0 unspecified atom stereocenters. The highest BCUT2D eigenvalue weighted by molar-refractivity contribution is 5.16. The number of rotatable bonds is 4. The van der Waals surface area contributed by atoms with Gasteiger partial charge in [-0.25, -0.2) is 0 Å². The first-order valence-electron chi connectivity index (χ1n) is 4.62. The Hall–Kier alpha value is -0.560. The summed E-state index contributed by atoms with van der Waals surface area (Å²) >= 11 is 0. The zero-order valence-electron chi connectivity index (χ0n) is 9.05. The quantitative estimate of drug-likeness (QED) is 0.586. The van der Waals surface area contributed by atoms with Gasteiger partial charge in [-0.2, -0.15) is 0 Å². The van der Waals surface area contributed by atoms with Crippen molar-refractivity contribution in [3.05, 3.63) is 23.8 Å². The molecule has 0 saturated heterocycles. The van der Waals surface area contributed by atoms with Crippen LogP contribution in [0.5, 0.6) is 0 Å². The Morgan fingerprint density at radius 3 is 2.17 bits per heavy atom. The summed E-state index contributed by atoms with van der Waals surface area (Å²) in [5, 5.41) is 0. The molecule has 0 heterocycles. The summed E-state index contributed by atoms with van der Waals surface area (Å²) < 4.78 is 4.95. The van der Waals surface area contributed by atoms with Crippen LogP contribution in [-0.2, 0) is 4.74 Å². The highest BCUT2D eigenvalue weighted by atomic mass is 16.5. The van der Waals surface area contributed by atoms with E-state index < -0.39 is 0 Å². The maximum Gasteiger partial charge on any atom is 0.0502 e. The van der Waals surface area contributed by atoms with Gasteiger partial charge in [-0.15, -0.1) is 0 Å². The molecule has 0 aromatic heterocycles. The zero-order valence-corrected chi connectivity index (χ0v) is 9.05. The standard InChI is InChI=1S/C9H16O.C2H6/c1-4-6-9(5-2)7-8-10-3;1-2/h4-6H,7-8H2,1-3H3;1-2H3/b6-4-,9-5+;. The van der Waals surface area contributed by atoms with Crippen LogP contribution in [0, 0.1) is 0 Å². The Morgan fingerprint density at radius 1 is 1.25 bits per heavy atom. The molecule has 0 aromatic rings. The molecule has 0 amide bonds. The second kappa shape index (κ2) is 13.1. The first-order valence-corrected chi connectivity index (χ1v) is 4.62. The third kappa shape index (κ3) is 9.44. The lowest BCUT2D eigenvalue weighted by Crippen LogP contribution is -1.89. The average molecular weight is 170 g/mol. The zero-order chi connectivity index (χ0) is 9.82. The molecule has 0 atom stereocenters. The monoisotopic (exact) mass is 170 g/mol. The van der Waals surface area contributed by atoms with Crippen molar-refractivity contribution in [2.24, 2.45) is 0 Å². The molecule has 0 aliphatic rings. The minimum Gasteiger partial charge on any atom is -0.384 e. The lowest BCUT2D eigenvalue weighted by molar-refractivity contribution is 0.203. The van der Waals surface area contributed by atoms with Crippen LogP contribution in [-0.4, -0.2) is 13.7 Å². The van der Waals surface area contributed by atoms with Gasteiger partial charge in [-0.05, 0) is 20.3 Å². The van der Waals surface area contributed by atoms with Gasteiger partial charge < -0.3 is 4.74 Å². The molecule has 0 radical (unpaired) electrons. The molecule has 0 rings (SSSR count). The van der Waals surface area contributed by atoms with Crippen LogP contribution >= 0.6 is 0 Å². The number of methoxy groups -OCH3 is 1. The Balaban J connectivity index is 0. The molecule has 1 heteroatoms. The Labute approximate surface area is 77.1 Å². The molecule has 0 aliphatic carbocycles. The topological polar surface area (TPSA) is 9.23 Å².